The van der Waals surface area contributed by atoms with Crippen LogP contribution in [-0.2, 0) is 9.84 Å². The number of halogens is 1. The van der Waals surface area contributed by atoms with Gasteiger partial charge < -0.3 is 5.32 Å². The largest absolute Gasteiger partial charge is 0.352 e. The molecule has 1 aromatic rings. The molecule has 0 bridgehead atoms. The topological polar surface area (TPSA) is 119 Å². The summed E-state index contributed by atoms with van der Waals surface area (Å²) in [6.45, 7) is 0.148. The number of hydrogen-bond donors (Lipinski definition) is 1. The highest BCUT2D eigenvalue weighted by Crippen LogP contribution is 2.26. The molecule has 1 aliphatic heterocycles. The van der Waals surface area contributed by atoms with Gasteiger partial charge in [0.2, 0.25) is 5.15 Å². The van der Waals surface area contributed by atoms with Gasteiger partial charge in [-0.1, -0.05) is 11.6 Å². The van der Waals surface area contributed by atoms with E-state index in [1.165, 1.54) is 12.3 Å². The molecule has 1 aliphatic rings. The predicted octanol–water partition coefficient (Wildman–Crippen LogP) is 0.808. The molecule has 0 radical (unpaired) electrons. The van der Waals surface area contributed by atoms with E-state index in [2.05, 4.69) is 10.3 Å². The summed E-state index contributed by atoms with van der Waals surface area (Å²) in [5.41, 5.74) is -0.753. The maximum absolute atomic E-state index is 12.0. The van der Waals surface area contributed by atoms with E-state index in [0.29, 0.717) is 6.42 Å². The number of amides is 1. The minimum Gasteiger partial charge on any atom is -0.352 e. The van der Waals surface area contributed by atoms with Gasteiger partial charge in [0.25, 0.3) is 5.91 Å². The molecule has 1 N–H and O–H groups in total. The van der Waals surface area contributed by atoms with Crippen LogP contribution >= 0.6 is 11.6 Å². The minimum absolute atomic E-state index is 0.0203. The monoisotopic (exact) mass is 333 g/mol. The van der Waals surface area contributed by atoms with E-state index in [1.54, 1.807) is 0 Å². The summed E-state index contributed by atoms with van der Waals surface area (Å²) in [6, 6.07) is 1.20. The van der Waals surface area contributed by atoms with Gasteiger partial charge in [-0.2, -0.15) is 0 Å². The molecule has 1 atom stereocenters. The van der Waals surface area contributed by atoms with Crippen molar-refractivity contribution >= 4 is 33.0 Å². The highest BCUT2D eigenvalue weighted by Gasteiger charge is 2.29. The number of carbonyl (C=O) groups excluding carboxylic acids is 1. The average molecular weight is 334 g/mol. The second kappa shape index (κ2) is 5.94. The third-order valence-corrected chi connectivity index (χ3v) is 5.30. The quantitative estimate of drug-likeness (QED) is 0.494. The number of rotatable bonds is 4. The Kier molecular flexibility index (Phi) is 4.43. The van der Waals surface area contributed by atoms with Crippen molar-refractivity contribution in [3.05, 3.63) is 33.1 Å². The van der Waals surface area contributed by atoms with Crippen molar-refractivity contribution in [1.82, 2.24) is 10.3 Å². The Hall–Kier alpha value is -1.74. The first-order chi connectivity index (χ1) is 9.80. The van der Waals surface area contributed by atoms with Gasteiger partial charge in [-0.3, -0.25) is 14.9 Å². The first-order valence-electron chi connectivity index (χ1n) is 6.07. The van der Waals surface area contributed by atoms with Gasteiger partial charge >= 0.3 is 5.69 Å². The Morgan fingerprint density at radius 2 is 2.29 bits per heavy atom. The van der Waals surface area contributed by atoms with Gasteiger partial charge in [0.15, 0.2) is 9.84 Å². The Balaban J connectivity index is 2.08. The van der Waals surface area contributed by atoms with Crippen LogP contribution in [0.3, 0.4) is 0 Å². The molecule has 0 aromatic carbocycles. The number of nitrogens with zero attached hydrogens (tertiary/aromatic N) is 2. The van der Waals surface area contributed by atoms with Crippen molar-refractivity contribution < 1.29 is 18.1 Å². The van der Waals surface area contributed by atoms with Crippen LogP contribution in [0.25, 0.3) is 0 Å². The third kappa shape index (κ3) is 3.67. The van der Waals surface area contributed by atoms with Gasteiger partial charge in [0.05, 0.1) is 16.4 Å². The molecule has 1 fully saturated rings. The molecule has 10 heteroatoms. The zero-order chi connectivity index (χ0) is 15.6. The zero-order valence-electron chi connectivity index (χ0n) is 10.8. The number of pyridine rings is 1. The zero-order valence-corrected chi connectivity index (χ0v) is 12.4. The van der Waals surface area contributed by atoms with Crippen molar-refractivity contribution in [1.29, 1.82) is 0 Å². The lowest BCUT2D eigenvalue weighted by Gasteiger charge is -2.10. The molecule has 0 spiro atoms. The number of nitro groups is 1. The van der Waals surface area contributed by atoms with Crippen LogP contribution in [0.2, 0.25) is 5.15 Å². The molecule has 1 amide bonds. The number of nitrogens with one attached hydrogen (secondary N) is 1. The Morgan fingerprint density at radius 3 is 2.86 bits per heavy atom. The van der Waals surface area contributed by atoms with Crippen LogP contribution < -0.4 is 5.32 Å². The summed E-state index contributed by atoms with van der Waals surface area (Å²) in [7, 11) is -3.03. The molecule has 1 saturated heterocycles. The normalized spacial score (nSPS) is 20.1. The predicted molar refractivity (Wildman–Crippen MR) is 75.0 cm³/mol. The summed E-state index contributed by atoms with van der Waals surface area (Å²) in [6.07, 6.45) is 1.67. The van der Waals surface area contributed by atoms with Crippen molar-refractivity contribution in [3.63, 3.8) is 0 Å². The molecule has 1 aromatic heterocycles. The molecule has 21 heavy (non-hydrogen) atoms. The Bertz CT molecular complexity index is 691. The highest BCUT2D eigenvalue weighted by atomic mass is 35.5. The molecular formula is C11H12ClN3O5S. The molecule has 0 aliphatic carbocycles. The van der Waals surface area contributed by atoms with Crippen molar-refractivity contribution in [2.24, 2.45) is 5.92 Å². The lowest BCUT2D eigenvalue weighted by Crippen LogP contribution is -2.30. The van der Waals surface area contributed by atoms with Crippen LogP contribution in [-0.4, -0.2) is 42.3 Å². The second-order valence-electron chi connectivity index (χ2n) is 4.73. The first kappa shape index (κ1) is 15.6. The van der Waals surface area contributed by atoms with Crippen molar-refractivity contribution in [2.45, 2.75) is 6.42 Å². The van der Waals surface area contributed by atoms with Crippen LogP contribution in [0, 0.1) is 16.0 Å². The first-order valence-corrected chi connectivity index (χ1v) is 8.27. The van der Waals surface area contributed by atoms with Gasteiger partial charge in [-0.15, -0.1) is 0 Å². The molecule has 0 saturated carbocycles. The lowest BCUT2D eigenvalue weighted by atomic mass is 10.1. The van der Waals surface area contributed by atoms with Gasteiger partial charge in [0, 0.05) is 12.7 Å². The van der Waals surface area contributed by atoms with E-state index >= 15 is 0 Å². The van der Waals surface area contributed by atoms with E-state index < -0.39 is 26.4 Å². The molecule has 1 unspecified atom stereocenters. The van der Waals surface area contributed by atoms with E-state index in [1.807, 2.05) is 0 Å². The summed E-state index contributed by atoms with van der Waals surface area (Å²) in [4.78, 5) is 25.7. The molecule has 8 nitrogen and oxygen atoms in total. The van der Waals surface area contributed by atoms with E-state index in [9.17, 15) is 23.3 Å². The lowest BCUT2D eigenvalue weighted by molar-refractivity contribution is -0.385. The van der Waals surface area contributed by atoms with Crippen LogP contribution in [0.15, 0.2) is 12.3 Å². The van der Waals surface area contributed by atoms with Crippen molar-refractivity contribution in [2.75, 3.05) is 18.1 Å². The van der Waals surface area contributed by atoms with E-state index in [0.717, 1.165) is 0 Å². The van der Waals surface area contributed by atoms with E-state index in [4.69, 9.17) is 11.6 Å². The van der Waals surface area contributed by atoms with Crippen LogP contribution in [0.1, 0.15) is 16.8 Å². The van der Waals surface area contributed by atoms with Crippen molar-refractivity contribution in [3.8, 4) is 0 Å². The second-order valence-corrected chi connectivity index (χ2v) is 7.32. The Labute approximate surface area is 125 Å². The maximum Gasteiger partial charge on any atom is 0.319 e. The fourth-order valence-corrected chi connectivity index (χ4v) is 4.24. The smallest absolute Gasteiger partial charge is 0.319 e. The fourth-order valence-electron chi connectivity index (χ4n) is 2.15. The Morgan fingerprint density at radius 1 is 1.57 bits per heavy atom. The summed E-state index contributed by atoms with van der Waals surface area (Å²) in [5, 5.41) is 13.1. The highest BCUT2D eigenvalue weighted by molar-refractivity contribution is 7.91. The maximum atomic E-state index is 12.0. The molecule has 114 valence electrons. The summed E-state index contributed by atoms with van der Waals surface area (Å²) < 4.78 is 22.6. The fraction of sp³-hybridized carbons (Fsp3) is 0.455. The number of aromatic nitrogens is 1. The number of carbonyl (C=O) groups is 1. The third-order valence-electron chi connectivity index (χ3n) is 3.18. The minimum atomic E-state index is -3.03. The average Bonchev–Trinajstić information content (AvgIpc) is 2.74. The van der Waals surface area contributed by atoms with Crippen LogP contribution in [0.4, 0.5) is 5.69 Å². The standard InChI is InChI=1S/C11H12ClN3O5S/c12-10-9(15(17)18)8(1-3-13-10)11(16)14-5-7-2-4-21(19,20)6-7/h1,3,7H,2,4-6H2,(H,14,16). The summed E-state index contributed by atoms with van der Waals surface area (Å²) in [5.74, 6) is -0.716. The number of sulfone groups is 1. The summed E-state index contributed by atoms with van der Waals surface area (Å²) >= 11 is 5.62. The van der Waals surface area contributed by atoms with E-state index in [-0.39, 0.29) is 34.7 Å². The van der Waals surface area contributed by atoms with Gasteiger partial charge in [-0.25, -0.2) is 13.4 Å². The number of hydrogen-bond acceptors (Lipinski definition) is 6. The SMILES string of the molecule is O=C(NCC1CCS(=O)(=O)C1)c1ccnc(Cl)c1[N+](=O)[O-]. The molecule has 2 rings (SSSR count). The molecular weight excluding hydrogens is 322 g/mol. The van der Waals surface area contributed by atoms with Gasteiger partial charge in [-0.05, 0) is 18.4 Å². The van der Waals surface area contributed by atoms with Crippen LogP contribution in [0.5, 0.6) is 0 Å². The van der Waals surface area contributed by atoms with Gasteiger partial charge in [0.1, 0.15) is 5.56 Å². The molecule has 2 heterocycles.